The van der Waals surface area contributed by atoms with Crippen molar-refractivity contribution in [2.45, 2.75) is 19.8 Å². The van der Waals surface area contributed by atoms with Crippen LogP contribution in [0.15, 0.2) is 18.2 Å². The maximum atomic E-state index is 10.3. The number of carboxylic acids is 1. The minimum absolute atomic E-state index is 0.194. The highest BCUT2D eigenvalue weighted by Gasteiger charge is 1.99. The Hall–Kier alpha value is -1.22. The zero-order chi connectivity index (χ0) is 11.3. The highest BCUT2D eigenvalue weighted by molar-refractivity contribution is 6.30. The van der Waals surface area contributed by atoms with Gasteiger partial charge in [0.1, 0.15) is 0 Å². The Balaban J connectivity index is 2.40. The first-order chi connectivity index (χ1) is 7.09. The number of hydrogen-bond donors (Lipinski definition) is 2. The fraction of sp³-hybridized carbons (Fsp3) is 0.364. The monoisotopic (exact) mass is 227 g/mol. The number of benzene rings is 1. The second-order valence-electron chi connectivity index (χ2n) is 3.38. The minimum atomic E-state index is -0.760. The Bertz CT molecular complexity index is 352. The molecule has 0 saturated heterocycles. The van der Waals surface area contributed by atoms with Gasteiger partial charge in [-0.25, -0.2) is 0 Å². The SMILES string of the molecule is Cc1cc(Cl)ccc1NCCCC(=O)O. The largest absolute Gasteiger partial charge is 0.481 e. The standard InChI is InChI=1S/C11H14ClNO2/c1-8-7-9(12)4-5-10(8)13-6-2-3-11(14)15/h4-5,7,13H,2-3,6H2,1H3,(H,14,15). The summed E-state index contributed by atoms with van der Waals surface area (Å²) in [4.78, 5) is 10.3. The van der Waals surface area contributed by atoms with Crippen molar-refractivity contribution in [3.8, 4) is 0 Å². The molecule has 0 heterocycles. The van der Waals surface area contributed by atoms with Gasteiger partial charge < -0.3 is 10.4 Å². The smallest absolute Gasteiger partial charge is 0.303 e. The number of hydrogen-bond acceptors (Lipinski definition) is 2. The van der Waals surface area contributed by atoms with E-state index in [1.54, 1.807) is 0 Å². The van der Waals surface area contributed by atoms with Gasteiger partial charge in [0.25, 0.3) is 0 Å². The lowest BCUT2D eigenvalue weighted by Crippen LogP contribution is -2.05. The fourth-order valence-electron chi connectivity index (χ4n) is 1.29. The van der Waals surface area contributed by atoms with E-state index in [2.05, 4.69) is 5.32 Å². The Morgan fingerprint density at radius 1 is 1.53 bits per heavy atom. The molecule has 0 aliphatic carbocycles. The quantitative estimate of drug-likeness (QED) is 0.761. The van der Waals surface area contributed by atoms with Crippen LogP contribution in [0, 0.1) is 6.92 Å². The average molecular weight is 228 g/mol. The van der Waals surface area contributed by atoms with E-state index in [0.717, 1.165) is 11.3 Å². The van der Waals surface area contributed by atoms with Crippen LogP contribution in [0.1, 0.15) is 18.4 Å². The fourth-order valence-corrected chi connectivity index (χ4v) is 1.51. The van der Waals surface area contributed by atoms with E-state index in [4.69, 9.17) is 16.7 Å². The topological polar surface area (TPSA) is 49.3 Å². The van der Waals surface area contributed by atoms with Crippen LogP contribution in [0.5, 0.6) is 0 Å². The molecule has 82 valence electrons. The molecule has 0 bridgehead atoms. The van der Waals surface area contributed by atoms with Crippen LogP contribution in [-0.2, 0) is 4.79 Å². The summed E-state index contributed by atoms with van der Waals surface area (Å²) in [6.07, 6.45) is 0.817. The molecular weight excluding hydrogens is 214 g/mol. The van der Waals surface area contributed by atoms with E-state index in [0.29, 0.717) is 18.0 Å². The molecule has 0 aliphatic rings. The first kappa shape index (κ1) is 11.9. The van der Waals surface area contributed by atoms with Gasteiger partial charge >= 0.3 is 5.97 Å². The van der Waals surface area contributed by atoms with E-state index in [1.807, 2.05) is 25.1 Å². The van der Waals surface area contributed by atoms with Crippen LogP contribution < -0.4 is 5.32 Å². The Morgan fingerprint density at radius 2 is 2.27 bits per heavy atom. The van der Waals surface area contributed by atoms with E-state index >= 15 is 0 Å². The third-order valence-corrected chi connectivity index (χ3v) is 2.31. The summed E-state index contributed by atoms with van der Waals surface area (Å²) in [5.41, 5.74) is 2.07. The summed E-state index contributed by atoms with van der Waals surface area (Å²) in [6.45, 7) is 2.63. The average Bonchev–Trinajstić information content (AvgIpc) is 2.14. The summed E-state index contributed by atoms with van der Waals surface area (Å²) in [5, 5.41) is 12.3. The van der Waals surface area contributed by atoms with Crippen molar-refractivity contribution < 1.29 is 9.90 Å². The second-order valence-corrected chi connectivity index (χ2v) is 3.82. The highest BCUT2D eigenvalue weighted by Crippen LogP contribution is 2.19. The summed E-state index contributed by atoms with van der Waals surface area (Å²) in [6, 6.07) is 5.59. The number of carbonyl (C=O) groups is 1. The van der Waals surface area contributed by atoms with Crippen molar-refractivity contribution in [1.29, 1.82) is 0 Å². The molecular formula is C11H14ClNO2. The lowest BCUT2D eigenvalue weighted by atomic mass is 10.2. The molecule has 3 nitrogen and oxygen atoms in total. The summed E-state index contributed by atoms with van der Waals surface area (Å²) >= 11 is 5.81. The summed E-state index contributed by atoms with van der Waals surface area (Å²) < 4.78 is 0. The lowest BCUT2D eigenvalue weighted by molar-refractivity contribution is -0.137. The van der Waals surface area contributed by atoms with Crippen LogP contribution in [0.2, 0.25) is 5.02 Å². The van der Waals surface area contributed by atoms with Gasteiger partial charge in [-0.05, 0) is 37.1 Å². The van der Waals surface area contributed by atoms with E-state index in [1.165, 1.54) is 0 Å². The first-order valence-corrected chi connectivity index (χ1v) is 5.19. The molecule has 0 spiro atoms. The van der Waals surface area contributed by atoms with Crippen LogP contribution >= 0.6 is 11.6 Å². The van der Waals surface area contributed by atoms with Crippen molar-refractivity contribution in [1.82, 2.24) is 0 Å². The number of carboxylic acid groups (broad SMARTS) is 1. The van der Waals surface area contributed by atoms with Gasteiger partial charge in [-0.3, -0.25) is 4.79 Å². The van der Waals surface area contributed by atoms with Crippen LogP contribution in [0.3, 0.4) is 0 Å². The maximum Gasteiger partial charge on any atom is 0.303 e. The van der Waals surface area contributed by atoms with E-state index in [9.17, 15) is 4.79 Å². The highest BCUT2D eigenvalue weighted by atomic mass is 35.5. The number of anilines is 1. The van der Waals surface area contributed by atoms with E-state index < -0.39 is 5.97 Å². The lowest BCUT2D eigenvalue weighted by Gasteiger charge is -2.08. The number of aliphatic carboxylic acids is 1. The van der Waals surface area contributed by atoms with Gasteiger partial charge in [-0.1, -0.05) is 11.6 Å². The predicted octanol–water partition coefficient (Wildman–Crippen LogP) is 2.93. The van der Waals surface area contributed by atoms with Gasteiger partial charge in [-0.15, -0.1) is 0 Å². The van der Waals surface area contributed by atoms with Crippen molar-refractivity contribution in [2.24, 2.45) is 0 Å². The molecule has 4 heteroatoms. The van der Waals surface area contributed by atoms with Crippen molar-refractivity contribution in [3.63, 3.8) is 0 Å². The zero-order valence-electron chi connectivity index (χ0n) is 8.59. The van der Waals surface area contributed by atoms with Crippen molar-refractivity contribution in [2.75, 3.05) is 11.9 Å². The third kappa shape index (κ3) is 4.21. The Labute approximate surface area is 94.1 Å². The van der Waals surface area contributed by atoms with Gasteiger partial charge in [-0.2, -0.15) is 0 Å². The maximum absolute atomic E-state index is 10.3. The normalized spacial score (nSPS) is 10.0. The molecule has 1 aromatic rings. The molecule has 1 aromatic carbocycles. The Kier molecular flexibility index (Phi) is 4.43. The first-order valence-electron chi connectivity index (χ1n) is 4.81. The summed E-state index contributed by atoms with van der Waals surface area (Å²) in [7, 11) is 0. The number of halogens is 1. The van der Waals surface area contributed by atoms with Gasteiger partial charge in [0.05, 0.1) is 0 Å². The molecule has 0 aliphatic heterocycles. The van der Waals surface area contributed by atoms with E-state index in [-0.39, 0.29) is 6.42 Å². The number of nitrogens with one attached hydrogen (secondary N) is 1. The van der Waals surface area contributed by atoms with Crippen molar-refractivity contribution in [3.05, 3.63) is 28.8 Å². The molecule has 0 unspecified atom stereocenters. The van der Waals surface area contributed by atoms with Crippen molar-refractivity contribution >= 4 is 23.3 Å². The molecule has 2 N–H and O–H groups in total. The molecule has 0 aromatic heterocycles. The molecule has 0 saturated carbocycles. The van der Waals surface area contributed by atoms with Gasteiger partial charge in [0.15, 0.2) is 0 Å². The number of aryl methyl sites for hydroxylation is 1. The van der Waals surface area contributed by atoms with Gasteiger partial charge in [0, 0.05) is 23.7 Å². The van der Waals surface area contributed by atoms with Crippen LogP contribution in [-0.4, -0.2) is 17.6 Å². The molecule has 1 rings (SSSR count). The third-order valence-electron chi connectivity index (χ3n) is 2.07. The molecule has 0 amide bonds. The van der Waals surface area contributed by atoms with Crippen LogP contribution in [0.4, 0.5) is 5.69 Å². The molecule has 0 atom stereocenters. The molecule has 0 fully saturated rings. The number of rotatable bonds is 5. The van der Waals surface area contributed by atoms with Crippen LogP contribution in [0.25, 0.3) is 0 Å². The second kappa shape index (κ2) is 5.61. The Morgan fingerprint density at radius 3 is 2.87 bits per heavy atom. The zero-order valence-corrected chi connectivity index (χ0v) is 9.34. The van der Waals surface area contributed by atoms with Gasteiger partial charge in [0.2, 0.25) is 0 Å². The molecule has 0 radical (unpaired) electrons. The minimum Gasteiger partial charge on any atom is -0.481 e. The summed E-state index contributed by atoms with van der Waals surface area (Å²) in [5.74, 6) is -0.760. The molecule has 15 heavy (non-hydrogen) atoms. The predicted molar refractivity (Wildman–Crippen MR) is 61.5 cm³/mol.